The Hall–Kier alpha value is -0.860. The van der Waals surface area contributed by atoms with E-state index in [1.165, 1.54) is 18.6 Å². The molecule has 3 heteroatoms. The van der Waals surface area contributed by atoms with Gasteiger partial charge in [0.05, 0.1) is 5.02 Å². The molecule has 1 aromatic rings. The summed E-state index contributed by atoms with van der Waals surface area (Å²) < 4.78 is 12.9. The molecule has 1 fully saturated rings. The average Bonchev–Trinajstić information content (AvgIpc) is 2.28. The molecule has 2 atom stereocenters. The first-order valence-corrected chi connectivity index (χ1v) is 6.39. The Balaban J connectivity index is 2.04. The van der Waals surface area contributed by atoms with E-state index in [9.17, 15) is 4.39 Å². The summed E-state index contributed by atoms with van der Waals surface area (Å²) in [5.74, 6) is 0.464. The van der Waals surface area contributed by atoms with Gasteiger partial charge in [-0.05, 0) is 43.0 Å². The van der Waals surface area contributed by atoms with Gasteiger partial charge < -0.3 is 5.32 Å². The molecular weight excluding hydrogens is 237 g/mol. The molecule has 1 aliphatic heterocycles. The summed E-state index contributed by atoms with van der Waals surface area (Å²) in [6, 6.07) is 4.89. The van der Waals surface area contributed by atoms with E-state index in [-0.39, 0.29) is 5.82 Å². The van der Waals surface area contributed by atoms with Crippen LogP contribution >= 0.6 is 11.6 Å². The summed E-state index contributed by atoms with van der Waals surface area (Å²) in [6.45, 7) is 3.33. The summed E-state index contributed by atoms with van der Waals surface area (Å²) >= 11 is 5.96. The van der Waals surface area contributed by atoms with Gasteiger partial charge in [0.1, 0.15) is 5.82 Å². The number of nitrogens with one attached hydrogen (secondary N) is 1. The molecule has 2 rings (SSSR count). The van der Waals surface area contributed by atoms with Gasteiger partial charge in [0.2, 0.25) is 0 Å². The summed E-state index contributed by atoms with van der Waals surface area (Å²) in [7, 11) is 0. The minimum atomic E-state index is -0.295. The molecule has 1 saturated heterocycles. The highest BCUT2D eigenvalue weighted by Crippen LogP contribution is 2.21. The first kappa shape index (κ1) is 12.6. The monoisotopic (exact) mass is 253 g/mol. The molecule has 1 heterocycles. The van der Waals surface area contributed by atoms with E-state index in [0.29, 0.717) is 11.1 Å². The molecule has 0 saturated carbocycles. The molecule has 0 aliphatic carbocycles. The lowest BCUT2D eigenvalue weighted by molar-refractivity contribution is 0.357. The van der Waals surface area contributed by atoms with Crippen LogP contribution in [-0.2, 0) is 0 Å². The fraction of sp³-hybridized carbons (Fsp3) is 0.429. The van der Waals surface area contributed by atoms with E-state index in [1.807, 2.05) is 6.08 Å². The second-order valence-corrected chi connectivity index (χ2v) is 5.12. The van der Waals surface area contributed by atoms with Gasteiger partial charge in [-0.1, -0.05) is 36.7 Å². The van der Waals surface area contributed by atoms with Crippen LogP contribution in [-0.4, -0.2) is 12.6 Å². The molecule has 0 bridgehead atoms. The lowest BCUT2D eigenvalue weighted by atomic mass is 9.94. The third kappa shape index (κ3) is 3.55. The zero-order valence-corrected chi connectivity index (χ0v) is 10.7. The Bertz CT molecular complexity index is 417. The van der Waals surface area contributed by atoms with Gasteiger partial charge in [-0.3, -0.25) is 0 Å². The van der Waals surface area contributed by atoms with Crippen molar-refractivity contribution in [2.45, 2.75) is 25.8 Å². The zero-order valence-electron chi connectivity index (χ0n) is 9.92. The van der Waals surface area contributed by atoms with Crippen molar-refractivity contribution in [3.63, 3.8) is 0 Å². The van der Waals surface area contributed by atoms with Gasteiger partial charge in [0, 0.05) is 6.04 Å². The lowest BCUT2D eigenvalue weighted by Gasteiger charge is -2.25. The highest BCUT2D eigenvalue weighted by Gasteiger charge is 2.15. The molecule has 92 valence electrons. The first-order chi connectivity index (χ1) is 8.15. The molecule has 0 radical (unpaired) electrons. The molecular formula is C14H17ClFN. The standard InChI is InChI=1S/C14H17ClFN/c1-10-6-7-17-13(8-10)5-3-11-2-4-12(16)9-14(11)15/h2-5,9-10,13,17H,6-8H2,1H3/b5-3+. The maximum Gasteiger partial charge on any atom is 0.124 e. The van der Waals surface area contributed by atoms with Crippen molar-refractivity contribution in [3.05, 3.63) is 40.7 Å². The van der Waals surface area contributed by atoms with Crippen LogP contribution in [0.3, 0.4) is 0 Å². The first-order valence-electron chi connectivity index (χ1n) is 6.02. The third-order valence-electron chi connectivity index (χ3n) is 3.17. The van der Waals surface area contributed by atoms with Crippen molar-refractivity contribution in [1.82, 2.24) is 5.32 Å². The van der Waals surface area contributed by atoms with Gasteiger partial charge in [-0.15, -0.1) is 0 Å². The second kappa shape index (κ2) is 5.65. The van der Waals surface area contributed by atoms with E-state index >= 15 is 0 Å². The van der Waals surface area contributed by atoms with Crippen molar-refractivity contribution in [2.75, 3.05) is 6.54 Å². The van der Waals surface area contributed by atoms with Gasteiger partial charge in [0.25, 0.3) is 0 Å². The molecule has 2 unspecified atom stereocenters. The Morgan fingerprint density at radius 3 is 3.00 bits per heavy atom. The number of piperidine rings is 1. The fourth-order valence-corrected chi connectivity index (χ4v) is 2.38. The predicted octanol–water partition coefficient (Wildman–Crippen LogP) is 3.88. The molecule has 1 N–H and O–H groups in total. The minimum Gasteiger partial charge on any atom is -0.310 e. The summed E-state index contributed by atoms with van der Waals surface area (Å²) in [6.07, 6.45) is 6.48. The highest BCUT2D eigenvalue weighted by molar-refractivity contribution is 6.32. The van der Waals surface area contributed by atoms with Gasteiger partial charge >= 0.3 is 0 Å². The van der Waals surface area contributed by atoms with Crippen LogP contribution in [0, 0.1) is 11.7 Å². The maximum absolute atomic E-state index is 12.9. The van der Waals surface area contributed by atoms with Crippen molar-refractivity contribution in [3.8, 4) is 0 Å². The molecule has 0 amide bonds. The van der Waals surface area contributed by atoms with Crippen LogP contribution in [0.4, 0.5) is 4.39 Å². The van der Waals surface area contributed by atoms with E-state index in [2.05, 4.69) is 18.3 Å². The zero-order chi connectivity index (χ0) is 12.3. The largest absolute Gasteiger partial charge is 0.310 e. The molecule has 1 nitrogen and oxygen atoms in total. The van der Waals surface area contributed by atoms with Crippen LogP contribution in [0.15, 0.2) is 24.3 Å². The SMILES string of the molecule is CC1CCNC(/C=C/c2ccc(F)cc2Cl)C1. The van der Waals surface area contributed by atoms with Crippen LogP contribution in [0.1, 0.15) is 25.3 Å². The van der Waals surface area contributed by atoms with E-state index < -0.39 is 0 Å². The minimum absolute atomic E-state index is 0.295. The summed E-state index contributed by atoms with van der Waals surface area (Å²) in [4.78, 5) is 0. The topological polar surface area (TPSA) is 12.0 Å². The van der Waals surface area contributed by atoms with E-state index in [0.717, 1.165) is 24.4 Å². The van der Waals surface area contributed by atoms with Gasteiger partial charge in [0.15, 0.2) is 0 Å². The van der Waals surface area contributed by atoms with Crippen LogP contribution in [0.25, 0.3) is 6.08 Å². The van der Waals surface area contributed by atoms with Crippen molar-refractivity contribution in [2.24, 2.45) is 5.92 Å². The molecule has 0 spiro atoms. The van der Waals surface area contributed by atoms with Crippen LogP contribution < -0.4 is 5.32 Å². The van der Waals surface area contributed by atoms with Crippen LogP contribution in [0.2, 0.25) is 5.02 Å². The van der Waals surface area contributed by atoms with Gasteiger partial charge in [-0.25, -0.2) is 4.39 Å². The number of hydrogen-bond donors (Lipinski definition) is 1. The Kier molecular flexibility index (Phi) is 4.19. The Labute approximate surface area is 107 Å². The Morgan fingerprint density at radius 1 is 1.47 bits per heavy atom. The number of rotatable bonds is 2. The number of hydrogen-bond acceptors (Lipinski definition) is 1. The molecule has 1 aromatic carbocycles. The van der Waals surface area contributed by atoms with Crippen molar-refractivity contribution >= 4 is 17.7 Å². The molecule has 1 aliphatic rings. The summed E-state index contributed by atoms with van der Waals surface area (Å²) in [5, 5.41) is 3.91. The number of halogens is 2. The molecule has 0 aromatic heterocycles. The second-order valence-electron chi connectivity index (χ2n) is 4.72. The highest BCUT2D eigenvalue weighted by atomic mass is 35.5. The van der Waals surface area contributed by atoms with E-state index in [4.69, 9.17) is 11.6 Å². The smallest absolute Gasteiger partial charge is 0.124 e. The van der Waals surface area contributed by atoms with Crippen LogP contribution in [0.5, 0.6) is 0 Å². The average molecular weight is 254 g/mol. The van der Waals surface area contributed by atoms with Gasteiger partial charge in [-0.2, -0.15) is 0 Å². The summed E-state index contributed by atoms with van der Waals surface area (Å²) in [5.41, 5.74) is 0.869. The predicted molar refractivity (Wildman–Crippen MR) is 70.6 cm³/mol. The Morgan fingerprint density at radius 2 is 2.29 bits per heavy atom. The van der Waals surface area contributed by atoms with E-state index in [1.54, 1.807) is 6.07 Å². The normalized spacial score (nSPS) is 25.4. The molecule has 17 heavy (non-hydrogen) atoms. The van der Waals surface area contributed by atoms with Crippen molar-refractivity contribution < 1.29 is 4.39 Å². The van der Waals surface area contributed by atoms with Crippen molar-refractivity contribution in [1.29, 1.82) is 0 Å². The fourth-order valence-electron chi connectivity index (χ4n) is 2.15. The number of benzene rings is 1. The lowest BCUT2D eigenvalue weighted by Crippen LogP contribution is -2.35. The third-order valence-corrected chi connectivity index (χ3v) is 3.50. The maximum atomic E-state index is 12.9. The quantitative estimate of drug-likeness (QED) is 0.844.